The molecule has 6 nitrogen and oxygen atoms in total. The van der Waals surface area contributed by atoms with Crippen LogP contribution in [0.5, 0.6) is 0 Å². The molecule has 2 heterocycles. The molecule has 22 heavy (non-hydrogen) atoms. The van der Waals surface area contributed by atoms with Crippen molar-refractivity contribution in [1.82, 2.24) is 4.90 Å². The summed E-state index contributed by atoms with van der Waals surface area (Å²) in [6.45, 7) is 2.68. The Morgan fingerprint density at radius 1 is 1.14 bits per heavy atom. The summed E-state index contributed by atoms with van der Waals surface area (Å²) in [5.74, 6) is -0.287. The average molecular weight is 367 g/mol. The van der Waals surface area contributed by atoms with E-state index in [9.17, 15) is 14.4 Å². The van der Waals surface area contributed by atoms with Gasteiger partial charge in [-0.25, -0.2) is 4.90 Å². The molecule has 0 radical (unpaired) electrons. The van der Waals surface area contributed by atoms with Crippen LogP contribution in [0.4, 0.5) is 5.69 Å². The minimum absolute atomic E-state index is 0.137. The normalized spacial score (nSPS) is 23.2. The highest BCUT2D eigenvalue weighted by Gasteiger charge is 2.46. The number of nitrogens with one attached hydrogen (secondary N) is 1. The van der Waals surface area contributed by atoms with E-state index < -0.39 is 0 Å². The highest BCUT2D eigenvalue weighted by molar-refractivity contribution is 9.10. The molecule has 0 spiro atoms. The second kappa shape index (κ2) is 6.18. The molecule has 7 heteroatoms. The Morgan fingerprint density at radius 3 is 2.36 bits per heavy atom. The number of hydrogen-bond acceptors (Lipinski definition) is 3. The van der Waals surface area contributed by atoms with Crippen molar-refractivity contribution in [2.24, 2.45) is 0 Å². The second-order valence-electron chi connectivity index (χ2n) is 5.60. The summed E-state index contributed by atoms with van der Waals surface area (Å²) in [6.07, 6.45) is 1.08. The molecule has 2 aliphatic heterocycles. The number of imide groups is 1. The minimum atomic E-state index is -0.329. The third kappa shape index (κ3) is 2.78. The summed E-state index contributed by atoms with van der Waals surface area (Å²) < 4.78 is 0.905. The number of hydrogen-bond donors (Lipinski definition) is 1. The lowest BCUT2D eigenvalue weighted by Crippen LogP contribution is -3.19. The van der Waals surface area contributed by atoms with Crippen molar-refractivity contribution in [1.29, 1.82) is 0 Å². The molecule has 3 rings (SSSR count). The number of nitrogens with zero attached hydrogens (tertiary/aromatic N) is 2. The molecular weight excluding hydrogens is 350 g/mol. The molecule has 0 aromatic heterocycles. The van der Waals surface area contributed by atoms with Crippen LogP contribution in [0.25, 0.3) is 0 Å². The zero-order valence-corrected chi connectivity index (χ0v) is 13.6. The van der Waals surface area contributed by atoms with Gasteiger partial charge in [-0.05, 0) is 24.3 Å². The van der Waals surface area contributed by atoms with E-state index in [4.69, 9.17) is 0 Å². The summed E-state index contributed by atoms with van der Waals surface area (Å²) in [5.41, 5.74) is 0.617. The van der Waals surface area contributed by atoms with E-state index in [0.717, 1.165) is 15.8 Å². The van der Waals surface area contributed by atoms with Crippen molar-refractivity contribution in [3.8, 4) is 0 Å². The van der Waals surface area contributed by atoms with Crippen LogP contribution in [0.1, 0.15) is 6.42 Å². The third-order valence-corrected chi connectivity index (χ3v) is 4.84. The van der Waals surface area contributed by atoms with Gasteiger partial charge in [-0.2, -0.15) is 0 Å². The molecule has 3 amide bonds. The van der Waals surface area contributed by atoms with Crippen LogP contribution in [0.2, 0.25) is 0 Å². The van der Waals surface area contributed by atoms with E-state index in [0.29, 0.717) is 31.9 Å². The summed E-state index contributed by atoms with van der Waals surface area (Å²) in [6, 6.07) is 6.84. The first-order valence-corrected chi connectivity index (χ1v) is 8.06. The molecule has 1 atom stereocenters. The van der Waals surface area contributed by atoms with Crippen molar-refractivity contribution >= 4 is 39.8 Å². The number of amides is 3. The zero-order chi connectivity index (χ0) is 15.7. The highest BCUT2D eigenvalue weighted by atomic mass is 79.9. The summed E-state index contributed by atoms with van der Waals surface area (Å²) in [5, 5.41) is 0. The van der Waals surface area contributed by atoms with E-state index in [-0.39, 0.29) is 24.3 Å². The number of rotatable bonds is 3. The number of piperazine rings is 1. The summed E-state index contributed by atoms with van der Waals surface area (Å²) >= 11 is 3.35. The topological polar surface area (TPSA) is 62.1 Å². The van der Waals surface area contributed by atoms with Crippen molar-refractivity contribution in [2.75, 3.05) is 31.1 Å². The van der Waals surface area contributed by atoms with E-state index in [1.165, 1.54) is 4.90 Å². The Bertz CT molecular complexity index is 597. The van der Waals surface area contributed by atoms with Crippen LogP contribution in [0.15, 0.2) is 28.7 Å². The molecule has 0 aliphatic carbocycles. The van der Waals surface area contributed by atoms with Crippen LogP contribution in [-0.4, -0.2) is 55.3 Å². The lowest BCUT2D eigenvalue weighted by Gasteiger charge is -2.32. The molecule has 0 saturated carbocycles. The Hall–Kier alpha value is -1.73. The summed E-state index contributed by atoms with van der Waals surface area (Å²) in [7, 11) is 0. The van der Waals surface area contributed by atoms with Crippen LogP contribution >= 0.6 is 15.9 Å². The van der Waals surface area contributed by atoms with Crippen LogP contribution in [0, 0.1) is 0 Å². The first kappa shape index (κ1) is 15.2. The van der Waals surface area contributed by atoms with Crippen molar-refractivity contribution in [2.45, 2.75) is 12.5 Å². The van der Waals surface area contributed by atoms with E-state index in [2.05, 4.69) is 15.9 Å². The van der Waals surface area contributed by atoms with Crippen molar-refractivity contribution < 1.29 is 19.3 Å². The second-order valence-corrected chi connectivity index (χ2v) is 6.52. The van der Waals surface area contributed by atoms with Gasteiger partial charge in [-0.15, -0.1) is 0 Å². The molecule has 1 aromatic carbocycles. The molecule has 2 saturated heterocycles. The van der Waals surface area contributed by atoms with Crippen LogP contribution in [0.3, 0.4) is 0 Å². The number of carbonyl (C=O) groups excluding carboxylic acids is 3. The predicted molar refractivity (Wildman–Crippen MR) is 83.4 cm³/mol. The zero-order valence-electron chi connectivity index (χ0n) is 12.0. The maximum absolute atomic E-state index is 12.6. The van der Waals surface area contributed by atoms with Gasteiger partial charge in [0.05, 0.1) is 38.3 Å². The molecule has 1 aromatic rings. The Balaban J connectivity index is 1.74. The van der Waals surface area contributed by atoms with Gasteiger partial charge in [0.25, 0.3) is 5.91 Å². The van der Waals surface area contributed by atoms with Gasteiger partial charge in [0, 0.05) is 4.47 Å². The molecule has 0 bridgehead atoms. The predicted octanol–water partition coefficient (Wildman–Crippen LogP) is -0.562. The standard InChI is InChI=1S/C15H16BrN3O3/c16-11-1-3-12(4-2-11)19-14(21)9-13(15(19)22)18-7-5-17(10-20)6-8-18/h1-4,10,13H,5-9H2/p+1/t13-/m1/s1. The van der Waals surface area contributed by atoms with Gasteiger partial charge in [0.1, 0.15) is 0 Å². The van der Waals surface area contributed by atoms with Crippen molar-refractivity contribution in [3.63, 3.8) is 0 Å². The minimum Gasteiger partial charge on any atom is -0.334 e. The van der Waals surface area contributed by atoms with Crippen molar-refractivity contribution in [3.05, 3.63) is 28.7 Å². The van der Waals surface area contributed by atoms with Crippen LogP contribution < -0.4 is 9.80 Å². The number of carbonyl (C=O) groups is 3. The maximum atomic E-state index is 12.6. The average Bonchev–Trinajstić information content (AvgIpc) is 2.83. The fraction of sp³-hybridized carbons (Fsp3) is 0.400. The Morgan fingerprint density at radius 2 is 1.77 bits per heavy atom. The Labute approximate surface area is 136 Å². The van der Waals surface area contributed by atoms with Gasteiger partial charge in [-0.1, -0.05) is 15.9 Å². The molecule has 1 N–H and O–H groups in total. The molecule has 2 fully saturated rings. The SMILES string of the molecule is O=CN1CC[NH+]([C@@H]2CC(=O)N(c3ccc(Br)cc3)C2=O)CC1. The number of anilines is 1. The fourth-order valence-corrected chi connectivity index (χ4v) is 3.34. The number of benzene rings is 1. The molecule has 116 valence electrons. The van der Waals surface area contributed by atoms with Gasteiger partial charge in [-0.3, -0.25) is 14.4 Å². The largest absolute Gasteiger partial charge is 0.334 e. The van der Waals surface area contributed by atoms with Gasteiger partial charge >= 0.3 is 0 Å². The monoisotopic (exact) mass is 366 g/mol. The fourth-order valence-electron chi connectivity index (χ4n) is 3.08. The smallest absolute Gasteiger partial charge is 0.292 e. The number of quaternary nitrogens is 1. The molecule has 2 aliphatic rings. The first-order chi connectivity index (χ1) is 10.6. The molecular formula is C15H17BrN3O3+. The Kier molecular flexibility index (Phi) is 4.26. The van der Waals surface area contributed by atoms with Gasteiger partial charge in [0.15, 0.2) is 6.04 Å². The van der Waals surface area contributed by atoms with E-state index in [1.54, 1.807) is 17.0 Å². The lowest BCUT2D eigenvalue weighted by molar-refractivity contribution is -0.918. The highest BCUT2D eigenvalue weighted by Crippen LogP contribution is 2.23. The quantitative estimate of drug-likeness (QED) is 0.576. The third-order valence-electron chi connectivity index (χ3n) is 4.31. The molecule has 0 unspecified atom stereocenters. The summed E-state index contributed by atoms with van der Waals surface area (Å²) in [4.78, 5) is 39.7. The maximum Gasteiger partial charge on any atom is 0.292 e. The van der Waals surface area contributed by atoms with Gasteiger partial charge < -0.3 is 9.80 Å². The van der Waals surface area contributed by atoms with Gasteiger partial charge in [0.2, 0.25) is 12.3 Å². The van der Waals surface area contributed by atoms with E-state index in [1.807, 2.05) is 12.1 Å². The number of halogens is 1. The lowest BCUT2D eigenvalue weighted by atomic mass is 10.2. The first-order valence-electron chi connectivity index (χ1n) is 7.26. The van der Waals surface area contributed by atoms with Crippen LogP contribution in [-0.2, 0) is 14.4 Å². The van der Waals surface area contributed by atoms with E-state index >= 15 is 0 Å².